The standard InChI is InChI=1S/C20H24O3S/c1-13-5-7-14(8-6-13)24-19-18-15(11-12-20(19,2)21)16(22-3)9-10-17(18)23-4/h5-10,19,21H,11-12H2,1-4H3/t19-,20-/m1/s1. The minimum atomic E-state index is -0.803. The normalized spacial score (nSPS) is 22.8. The highest BCUT2D eigenvalue weighted by Crippen LogP contribution is 2.53. The van der Waals surface area contributed by atoms with E-state index in [1.54, 1.807) is 26.0 Å². The molecular formula is C20H24O3S. The number of hydrogen-bond acceptors (Lipinski definition) is 4. The van der Waals surface area contributed by atoms with E-state index in [1.807, 2.05) is 19.1 Å². The number of thioether (sulfide) groups is 1. The van der Waals surface area contributed by atoms with Crippen LogP contribution in [0.15, 0.2) is 41.3 Å². The molecular weight excluding hydrogens is 320 g/mol. The predicted molar refractivity (Wildman–Crippen MR) is 98.3 cm³/mol. The molecule has 0 bridgehead atoms. The molecule has 1 aliphatic carbocycles. The van der Waals surface area contributed by atoms with E-state index in [0.717, 1.165) is 33.9 Å². The average Bonchev–Trinajstić information content (AvgIpc) is 2.58. The van der Waals surface area contributed by atoms with E-state index >= 15 is 0 Å². The predicted octanol–water partition coefficient (Wildman–Crippen LogP) is 4.54. The molecule has 2 aromatic carbocycles. The molecule has 0 fully saturated rings. The molecule has 0 aromatic heterocycles. The van der Waals surface area contributed by atoms with Crippen LogP contribution in [0.5, 0.6) is 11.5 Å². The SMILES string of the molecule is COc1ccc(OC)c2c1CC[C@@](C)(O)[C@@H]2Sc1ccc(C)cc1. The van der Waals surface area contributed by atoms with Gasteiger partial charge in [0.2, 0.25) is 0 Å². The Morgan fingerprint density at radius 2 is 1.67 bits per heavy atom. The zero-order valence-electron chi connectivity index (χ0n) is 14.6. The van der Waals surface area contributed by atoms with E-state index in [9.17, 15) is 5.11 Å². The van der Waals surface area contributed by atoms with E-state index in [0.29, 0.717) is 6.42 Å². The van der Waals surface area contributed by atoms with Gasteiger partial charge in [-0.15, -0.1) is 11.8 Å². The third-order valence-electron chi connectivity index (χ3n) is 4.70. The molecule has 0 saturated carbocycles. The largest absolute Gasteiger partial charge is 0.496 e. The lowest BCUT2D eigenvalue weighted by Gasteiger charge is -2.39. The third kappa shape index (κ3) is 3.13. The van der Waals surface area contributed by atoms with E-state index in [4.69, 9.17) is 9.47 Å². The van der Waals surface area contributed by atoms with Crippen molar-refractivity contribution in [2.24, 2.45) is 0 Å². The Morgan fingerprint density at radius 1 is 1.04 bits per heavy atom. The molecule has 0 aliphatic heterocycles. The first-order chi connectivity index (χ1) is 11.5. The maximum absolute atomic E-state index is 11.1. The minimum absolute atomic E-state index is 0.103. The Bertz CT molecular complexity index is 722. The molecule has 2 atom stereocenters. The lowest BCUT2D eigenvalue weighted by molar-refractivity contribution is 0.0414. The van der Waals surface area contributed by atoms with Gasteiger partial charge in [0.25, 0.3) is 0 Å². The summed E-state index contributed by atoms with van der Waals surface area (Å²) < 4.78 is 11.2. The molecule has 3 rings (SSSR count). The van der Waals surface area contributed by atoms with Crippen LogP contribution in [0.2, 0.25) is 0 Å². The maximum atomic E-state index is 11.1. The molecule has 0 amide bonds. The van der Waals surface area contributed by atoms with Gasteiger partial charge in [-0.05, 0) is 51.0 Å². The van der Waals surface area contributed by atoms with Gasteiger partial charge in [0, 0.05) is 16.0 Å². The molecule has 0 unspecified atom stereocenters. The fourth-order valence-electron chi connectivity index (χ4n) is 3.30. The molecule has 2 aromatic rings. The van der Waals surface area contributed by atoms with Crippen molar-refractivity contribution < 1.29 is 14.6 Å². The summed E-state index contributed by atoms with van der Waals surface area (Å²) in [6.45, 7) is 4.00. The summed E-state index contributed by atoms with van der Waals surface area (Å²) in [5, 5.41) is 11.0. The highest BCUT2D eigenvalue weighted by atomic mass is 32.2. The summed E-state index contributed by atoms with van der Waals surface area (Å²) in [7, 11) is 3.37. The molecule has 3 nitrogen and oxygen atoms in total. The van der Waals surface area contributed by atoms with Crippen LogP contribution in [0.4, 0.5) is 0 Å². The van der Waals surface area contributed by atoms with Crippen LogP contribution in [0.3, 0.4) is 0 Å². The van der Waals surface area contributed by atoms with Gasteiger partial charge in [-0.1, -0.05) is 17.7 Å². The molecule has 1 aliphatic rings. The smallest absolute Gasteiger partial charge is 0.123 e. The molecule has 24 heavy (non-hydrogen) atoms. The van der Waals surface area contributed by atoms with Crippen molar-refractivity contribution in [1.82, 2.24) is 0 Å². The number of benzene rings is 2. The number of aliphatic hydroxyl groups is 1. The number of aryl methyl sites for hydroxylation is 1. The molecule has 0 saturated heterocycles. The van der Waals surface area contributed by atoms with Crippen LogP contribution in [-0.2, 0) is 6.42 Å². The first-order valence-electron chi connectivity index (χ1n) is 8.15. The van der Waals surface area contributed by atoms with Crippen molar-refractivity contribution in [2.75, 3.05) is 14.2 Å². The molecule has 0 heterocycles. The Kier molecular flexibility index (Phi) is 4.79. The van der Waals surface area contributed by atoms with Crippen LogP contribution < -0.4 is 9.47 Å². The van der Waals surface area contributed by atoms with Crippen LogP contribution in [-0.4, -0.2) is 24.9 Å². The Hall–Kier alpha value is -1.65. The average molecular weight is 344 g/mol. The molecule has 4 heteroatoms. The zero-order valence-corrected chi connectivity index (χ0v) is 15.4. The second kappa shape index (κ2) is 6.69. The third-order valence-corrected chi connectivity index (χ3v) is 6.22. The topological polar surface area (TPSA) is 38.7 Å². The number of ether oxygens (including phenoxy) is 2. The van der Waals surface area contributed by atoms with Crippen molar-refractivity contribution in [3.05, 3.63) is 53.1 Å². The van der Waals surface area contributed by atoms with Crippen molar-refractivity contribution in [3.8, 4) is 11.5 Å². The maximum Gasteiger partial charge on any atom is 0.123 e. The summed E-state index contributed by atoms with van der Waals surface area (Å²) in [6.07, 6.45) is 1.49. The number of rotatable bonds is 4. The van der Waals surface area contributed by atoms with E-state index in [2.05, 4.69) is 31.2 Å². The molecule has 0 radical (unpaired) electrons. The number of hydrogen-bond donors (Lipinski definition) is 1. The lowest BCUT2D eigenvalue weighted by atomic mass is 9.80. The summed E-state index contributed by atoms with van der Waals surface area (Å²) in [5.41, 5.74) is 2.63. The van der Waals surface area contributed by atoms with Crippen molar-refractivity contribution in [1.29, 1.82) is 0 Å². The Labute approximate surface area is 148 Å². The highest BCUT2D eigenvalue weighted by molar-refractivity contribution is 7.99. The van der Waals surface area contributed by atoms with Gasteiger partial charge in [-0.2, -0.15) is 0 Å². The Morgan fingerprint density at radius 3 is 2.29 bits per heavy atom. The van der Waals surface area contributed by atoms with Crippen molar-refractivity contribution >= 4 is 11.8 Å². The summed E-state index contributed by atoms with van der Waals surface area (Å²) in [5.74, 6) is 1.69. The van der Waals surface area contributed by atoms with E-state index in [1.165, 1.54) is 5.56 Å². The first kappa shape index (κ1) is 17.2. The quantitative estimate of drug-likeness (QED) is 0.883. The number of fused-ring (bicyclic) bond motifs is 1. The minimum Gasteiger partial charge on any atom is -0.496 e. The summed E-state index contributed by atoms with van der Waals surface area (Å²) >= 11 is 1.69. The summed E-state index contributed by atoms with van der Waals surface area (Å²) in [4.78, 5) is 1.14. The highest BCUT2D eigenvalue weighted by Gasteiger charge is 2.41. The second-order valence-corrected chi connectivity index (χ2v) is 7.71. The molecule has 1 N–H and O–H groups in total. The van der Waals surface area contributed by atoms with Gasteiger partial charge in [-0.25, -0.2) is 0 Å². The molecule has 128 valence electrons. The van der Waals surface area contributed by atoms with E-state index in [-0.39, 0.29) is 5.25 Å². The second-order valence-electron chi connectivity index (χ2n) is 6.53. The van der Waals surface area contributed by atoms with Crippen LogP contribution in [0.25, 0.3) is 0 Å². The number of methoxy groups -OCH3 is 2. The van der Waals surface area contributed by atoms with Crippen LogP contribution in [0.1, 0.15) is 35.3 Å². The summed E-state index contributed by atoms with van der Waals surface area (Å²) in [6, 6.07) is 12.3. The fourth-order valence-corrected chi connectivity index (χ4v) is 4.61. The van der Waals surface area contributed by atoms with Crippen LogP contribution in [0, 0.1) is 6.92 Å². The van der Waals surface area contributed by atoms with Crippen molar-refractivity contribution in [2.45, 2.75) is 42.4 Å². The van der Waals surface area contributed by atoms with Gasteiger partial charge in [0.1, 0.15) is 11.5 Å². The fraction of sp³-hybridized carbons (Fsp3) is 0.400. The van der Waals surface area contributed by atoms with Gasteiger partial charge >= 0.3 is 0 Å². The van der Waals surface area contributed by atoms with Gasteiger partial charge in [-0.3, -0.25) is 0 Å². The zero-order chi connectivity index (χ0) is 17.3. The van der Waals surface area contributed by atoms with Gasteiger partial charge in [0.15, 0.2) is 0 Å². The lowest BCUT2D eigenvalue weighted by Crippen LogP contribution is -2.36. The molecule has 0 spiro atoms. The van der Waals surface area contributed by atoms with Crippen molar-refractivity contribution in [3.63, 3.8) is 0 Å². The van der Waals surface area contributed by atoms with E-state index < -0.39 is 5.60 Å². The van der Waals surface area contributed by atoms with Gasteiger partial charge < -0.3 is 14.6 Å². The van der Waals surface area contributed by atoms with Gasteiger partial charge in [0.05, 0.1) is 25.1 Å². The first-order valence-corrected chi connectivity index (χ1v) is 9.03. The van der Waals surface area contributed by atoms with Crippen LogP contribution >= 0.6 is 11.8 Å². The monoisotopic (exact) mass is 344 g/mol. The Balaban J connectivity index is 2.09.